The maximum absolute atomic E-state index is 5.82. The molecule has 0 fully saturated rings. The van der Waals surface area contributed by atoms with Crippen LogP contribution in [0.5, 0.6) is 46.0 Å². The standard InChI is InChI=1S/C52H74N2O8/c1-53(27-23-39-33-49(59-7)51(61-9)35-41(39)43(53)29-37-19-21-45(55-3)47(31-37)57-5)25-17-15-13-11-12-14-16-18-26-54(2)28-24-40-34-50(60-8)52(62-10)36-42(40)44(54)30-38-20-22-46(56-4)48(32-38)58-6/h19-22,31-36,43-44H,11-18,23-30H2,1-10H3/q+2. The number of hydrogen-bond acceptors (Lipinski definition) is 8. The molecule has 4 aromatic carbocycles. The molecule has 0 aromatic heterocycles. The van der Waals surface area contributed by atoms with E-state index >= 15 is 0 Å². The Balaban J connectivity index is 1.03. The van der Waals surface area contributed by atoms with Crippen LogP contribution in [0, 0.1) is 0 Å². The molecule has 0 amide bonds. The van der Waals surface area contributed by atoms with Gasteiger partial charge in [0.1, 0.15) is 12.1 Å². The highest BCUT2D eigenvalue weighted by molar-refractivity contribution is 5.51. The summed E-state index contributed by atoms with van der Waals surface area (Å²) in [6.45, 7) is 4.49. The summed E-state index contributed by atoms with van der Waals surface area (Å²) >= 11 is 0. The molecule has 0 spiro atoms. The van der Waals surface area contributed by atoms with Gasteiger partial charge in [0.05, 0.1) is 97.2 Å². The van der Waals surface area contributed by atoms with Crippen LogP contribution in [0.1, 0.15) is 96.8 Å². The van der Waals surface area contributed by atoms with Gasteiger partial charge in [0.15, 0.2) is 46.0 Å². The Morgan fingerprint density at radius 1 is 0.387 bits per heavy atom. The highest BCUT2D eigenvalue weighted by atomic mass is 16.5. The fraction of sp³-hybridized carbons (Fsp3) is 0.538. The Morgan fingerprint density at radius 3 is 1.03 bits per heavy atom. The van der Waals surface area contributed by atoms with Crippen molar-refractivity contribution in [2.45, 2.75) is 89.1 Å². The molecule has 0 aliphatic carbocycles. The van der Waals surface area contributed by atoms with Gasteiger partial charge in [-0.25, -0.2) is 0 Å². The molecule has 338 valence electrons. The minimum absolute atomic E-state index is 0.290. The van der Waals surface area contributed by atoms with Crippen molar-refractivity contribution in [2.75, 3.05) is 97.2 Å². The first kappa shape index (κ1) is 46.7. The predicted octanol–water partition coefficient (Wildman–Crippen LogP) is 10.1. The van der Waals surface area contributed by atoms with Gasteiger partial charge < -0.3 is 46.9 Å². The number of methoxy groups -OCH3 is 8. The Bertz CT molecular complexity index is 1940. The largest absolute Gasteiger partial charge is 0.493 e. The van der Waals surface area contributed by atoms with Crippen molar-refractivity contribution in [2.24, 2.45) is 0 Å². The van der Waals surface area contributed by atoms with Gasteiger partial charge in [-0.1, -0.05) is 37.8 Å². The molecule has 4 atom stereocenters. The predicted molar refractivity (Wildman–Crippen MR) is 247 cm³/mol. The number of benzene rings is 4. The number of ether oxygens (including phenoxy) is 8. The molecule has 4 aromatic rings. The Hall–Kier alpha value is -4.80. The topological polar surface area (TPSA) is 73.8 Å². The lowest BCUT2D eigenvalue weighted by atomic mass is 9.86. The fourth-order valence-electron chi connectivity index (χ4n) is 10.3. The maximum atomic E-state index is 5.82. The van der Waals surface area contributed by atoms with E-state index in [0.29, 0.717) is 0 Å². The van der Waals surface area contributed by atoms with Gasteiger partial charge in [-0.15, -0.1) is 0 Å². The van der Waals surface area contributed by atoms with E-state index in [4.69, 9.17) is 37.9 Å². The molecule has 4 unspecified atom stereocenters. The van der Waals surface area contributed by atoms with Crippen LogP contribution in [0.2, 0.25) is 0 Å². The van der Waals surface area contributed by atoms with Gasteiger partial charge in [0.25, 0.3) is 0 Å². The summed E-state index contributed by atoms with van der Waals surface area (Å²) in [6, 6.07) is 22.1. The van der Waals surface area contributed by atoms with Crippen molar-refractivity contribution < 1.29 is 46.9 Å². The summed E-state index contributed by atoms with van der Waals surface area (Å²) in [5.41, 5.74) is 7.94. The smallest absolute Gasteiger partial charge is 0.161 e. The zero-order valence-corrected chi connectivity index (χ0v) is 39.4. The maximum Gasteiger partial charge on any atom is 0.161 e. The first-order valence-electron chi connectivity index (χ1n) is 22.7. The van der Waals surface area contributed by atoms with Gasteiger partial charge in [0, 0.05) is 36.8 Å². The highest BCUT2D eigenvalue weighted by Gasteiger charge is 2.41. The number of unbranched alkanes of at least 4 members (excludes halogenated alkanes) is 7. The molecule has 2 heterocycles. The van der Waals surface area contributed by atoms with E-state index < -0.39 is 0 Å². The minimum atomic E-state index is 0.290. The molecule has 0 radical (unpaired) electrons. The number of rotatable bonds is 23. The molecule has 2 aliphatic rings. The van der Waals surface area contributed by atoms with Crippen LogP contribution < -0.4 is 37.9 Å². The molecule has 0 bridgehead atoms. The van der Waals surface area contributed by atoms with Gasteiger partial charge >= 0.3 is 0 Å². The van der Waals surface area contributed by atoms with Crippen molar-refractivity contribution in [3.63, 3.8) is 0 Å². The van der Waals surface area contributed by atoms with E-state index in [2.05, 4.69) is 62.6 Å². The van der Waals surface area contributed by atoms with Crippen molar-refractivity contribution in [3.8, 4) is 46.0 Å². The van der Waals surface area contributed by atoms with E-state index in [1.165, 1.54) is 84.7 Å². The van der Waals surface area contributed by atoms with Crippen LogP contribution in [-0.2, 0) is 25.7 Å². The van der Waals surface area contributed by atoms with Crippen LogP contribution in [0.15, 0.2) is 60.7 Å². The Labute approximate surface area is 372 Å². The summed E-state index contributed by atoms with van der Waals surface area (Å²) in [4.78, 5) is 0. The zero-order chi connectivity index (χ0) is 44.3. The molecule has 0 N–H and O–H groups in total. The summed E-state index contributed by atoms with van der Waals surface area (Å²) in [7, 11) is 18.6. The summed E-state index contributed by atoms with van der Waals surface area (Å²) < 4.78 is 47.6. The number of likely N-dealkylation sites (N-methyl/N-ethyl adjacent to an activating group) is 2. The highest BCUT2D eigenvalue weighted by Crippen LogP contribution is 2.45. The average Bonchev–Trinajstić information content (AvgIpc) is 3.30. The molecule has 62 heavy (non-hydrogen) atoms. The fourth-order valence-corrected chi connectivity index (χ4v) is 10.3. The van der Waals surface area contributed by atoms with Crippen LogP contribution >= 0.6 is 0 Å². The van der Waals surface area contributed by atoms with E-state index in [0.717, 1.165) is 107 Å². The van der Waals surface area contributed by atoms with Crippen LogP contribution in [0.3, 0.4) is 0 Å². The number of fused-ring (bicyclic) bond motifs is 2. The lowest BCUT2D eigenvalue weighted by Gasteiger charge is -2.46. The quantitative estimate of drug-likeness (QED) is 0.0540. The van der Waals surface area contributed by atoms with Crippen LogP contribution in [0.25, 0.3) is 0 Å². The van der Waals surface area contributed by atoms with Crippen molar-refractivity contribution in [1.29, 1.82) is 0 Å². The third-order valence-electron chi connectivity index (χ3n) is 14.1. The van der Waals surface area contributed by atoms with Crippen molar-refractivity contribution >= 4 is 0 Å². The van der Waals surface area contributed by atoms with E-state index in [1.54, 1.807) is 56.9 Å². The monoisotopic (exact) mass is 855 g/mol. The van der Waals surface area contributed by atoms with Gasteiger partial charge in [0.2, 0.25) is 0 Å². The molecule has 2 aliphatic heterocycles. The van der Waals surface area contributed by atoms with Gasteiger partial charge in [-0.05, 0) is 96.5 Å². The van der Waals surface area contributed by atoms with E-state index in [9.17, 15) is 0 Å². The number of nitrogens with zero attached hydrogens (tertiary/aromatic N) is 2. The summed E-state index contributed by atoms with van der Waals surface area (Å²) in [5.74, 6) is 6.26. The van der Waals surface area contributed by atoms with Gasteiger partial charge in [-0.3, -0.25) is 0 Å². The second-order valence-electron chi connectivity index (χ2n) is 17.8. The number of hydrogen-bond donors (Lipinski definition) is 0. The second-order valence-corrected chi connectivity index (χ2v) is 17.8. The Kier molecular flexibility index (Phi) is 16.2. The third-order valence-corrected chi connectivity index (χ3v) is 14.1. The molecule has 6 rings (SSSR count). The lowest BCUT2D eigenvalue weighted by molar-refractivity contribution is -0.941. The molecule has 0 saturated carbocycles. The van der Waals surface area contributed by atoms with Crippen molar-refractivity contribution in [3.05, 3.63) is 94.0 Å². The molecule has 10 nitrogen and oxygen atoms in total. The number of quaternary nitrogens is 2. The van der Waals surface area contributed by atoms with Crippen LogP contribution in [0.4, 0.5) is 0 Å². The molecule has 0 saturated heterocycles. The van der Waals surface area contributed by atoms with E-state index in [1.807, 2.05) is 12.1 Å². The summed E-state index contributed by atoms with van der Waals surface area (Å²) in [6.07, 6.45) is 14.0. The first-order valence-corrected chi connectivity index (χ1v) is 22.7. The normalized spacial score (nSPS) is 20.4. The Morgan fingerprint density at radius 2 is 0.694 bits per heavy atom. The zero-order valence-electron chi connectivity index (χ0n) is 39.4. The van der Waals surface area contributed by atoms with Crippen LogP contribution in [-0.4, -0.2) is 106 Å². The molecule has 10 heteroatoms. The SMILES string of the molecule is COc1ccc(CC2c3cc(OC)c(OC)cc3CC[N+]2(C)CCCCCCCCCC[N+]2(C)CCc3cc(OC)c(OC)cc3C2Cc2ccc(OC)c(OC)c2)cc1OC. The minimum Gasteiger partial charge on any atom is -0.493 e. The van der Waals surface area contributed by atoms with E-state index in [-0.39, 0.29) is 12.1 Å². The van der Waals surface area contributed by atoms with Gasteiger partial charge in [-0.2, -0.15) is 0 Å². The molecular formula is C52H74N2O8+2. The first-order chi connectivity index (χ1) is 30.1. The summed E-state index contributed by atoms with van der Waals surface area (Å²) in [5, 5.41) is 0. The third kappa shape index (κ3) is 10.5. The average molecular weight is 855 g/mol. The molecular weight excluding hydrogens is 781 g/mol. The lowest BCUT2D eigenvalue weighted by Crippen LogP contribution is -2.52. The second kappa shape index (κ2) is 21.5. The van der Waals surface area contributed by atoms with Crippen molar-refractivity contribution in [1.82, 2.24) is 0 Å².